The van der Waals surface area contributed by atoms with Gasteiger partial charge in [0.2, 0.25) is 5.91 Å². The standard InChI is InChI=1S/C29H36FN3O3/c1-35-25-9-6-20(7-10-25)16-28(34)31-18-22-4-2-3-5-23(22)19-33-14-12-21(13-15-33)29-26-11-8-24(30)17-27(26)36-32-29/h6-11,17,21-23H,2-5,12-16,18-19H2,1H3,(H,31,34)/t22-,23-/m0/s1. The predicted molar refractivity (Wildman–Crippen MR) is 138 cm³/mol. The lowest BCUT2D eigenvalue weighted by atomic mass is 9.78. The monoisotopic (exact) mass is 493 g/mol. The summed E-state index contributed by atoms with van der Waals surface area (Å²) >= 11 is 0. The first kappa shape index (κ1) is 24.8. The maximum Gasteiger partial charge on any atom is 0.224 e. The zero-order chi connectivity index (χ0) is 24.9. The van der Waals surface area contributed by atoms with Crippen molar-refractivity contribution in [3.05, 3.63) is 59.5 Å². The number of amides is 1. The first-order valence-electron chi connectivity index (χ1n) is 13.3. The molecule has 0 radical (unpaired) electrons. The van der Waals surface area contributed by atoms with Crippen molar-refractivity contribution in [1.82, 2.24) is 15.4 Å². The molecule has 7 heteroatoms. The second-order valence-corrected chi connectivity index (χ2v) is 10.4. The van der Waals surface area contributed by atoms with Gasteiger partial charge in [-0.3, -0.25) is 4.79 Å². The molecule has 2 fully saturated rings. The van der Waals surface area contributed by atoms with Crippen LogP contribution >= 0.6 is 0 Å². The molecule has 36 heavy (non-hydrogen) atoms. The summed E-state index contributed by atoms with van der Waals surface area (Å²) in [7, 11) is 1.65. The summed E-state index contributed by atoms with van der Waals surface area (Å²) in [5, 5.41) is 8.43. The lowest BCUT2D eigenvalue weighted by Gasteiger charge is -2.38. The summed E-state index contributed by atoms with van der Waals surface area (Å²) in [5.74, 6) is 2.10. The van der Waals surface area contributed by atoms with Crippen LogP contribution in [0.25, 0.3) is 11.0 Å². The smallest absolute Gasteiger partial charge is 0.224 e. The number of nitrogens with one attached hydrogen (secondary N) is 1. The minimum absolute atomic E-state index is 0.0880. The Kier molecular flexibility index (Phi) is 7.85. The Labute approximate surface area is 212 Å². The molecule has 1 aromatic heterocycles. The number of fused-ring (bicyclic) bond motifs is 1. The minimum Gasteiger partial charge on any atom is -0.497 e. The van der Waals surface area contributed by atoms with Gasteiger partial charge in [-0.25, -0.2) is 4.39 Å². The van der Waals surface area contributed by atoms with Crippen molar-refractivity contribution in [3.8, 4) is 5.75 Å². The lowest BCUT2D eigenvalue weighted by molar-refractivity contribution is -0.120. The normalized spacial score (nSPS) is 21.5. The number of piperidine rings is 1. The number of methoxy groups -OCH3 is 1. The average Bonchev–Trinajstić information content (AvgIpc) is 3.32. The highest BCUT2D eigenvalue weighted by molar-refractivity contribution is 5.80. The molecular formula is C29H36FN3O3. The summed E-state index contributed by atoms with van der Waals surface area (Å²) < 4.78 is 24.1. The largest absolute Gasteiger partial charge is 0.497 e. The number of hydrogen-bond acceptors (Lipinski definition) is 5. The number of ether oxygens (including phenoxy) is 1. The van der Waals surface area contributed by atoms with E-state index in [2.05, 4.69) is 15.4 Å². The van der Waals surface area contributed by atoms with Gasteiger partial charge in [0.25, 0.3) is 0 Å². The van der Waals surface area contributed by atoms with E-state index in [1.807, 2.05) is 24.3 Å². The maximum atomic E-state index is 13.5. The minimum atomic E-state index is -0.293. The van der Waals surface area contributed by atoms with Crippen molar-refractivity contribution < 1.29 is 18.4 Å². The van der Waals surface area contributed by atoms with Crippen LogP contribution in [0.5, 0.6) is 5.75 Å². The van der Waals surface area contributed by atoms with E-state index in [0.717, 1.165) is 61.4 Å². The number of carbonyl (C=O) groups excluding carboxylic acids is 1. The van der Waals surface area contributed by atoms with Crippen LogP contribution in [0.2, 0.25) is 0 Å². The van der Waals surface area contributed by atoms with Gasteiger partial charge in [-0.05, 0) is 80.4 Å². The molecule has 0 spiro atoms. The second-order valence-electron chi connectivity index (χ2n) is 10.4. The highest BCUT2D eigenvalue weighted by Crippen LogP contribution is 2.35. The number of benzene rings is 2. The van der Waals surface area contributed by atoms with E-state index in [0.29, 0.717) is 29.8 Å². The quantitative estimate of drug-likeness (QED) is 0.460. The first-order chi connectivity index (χ1) is 17.6. The van der Waals surface area contributed by atoms with Crippen molar-refractivity contribution in [3.63, 3.8) is 0 Å². The molecule has 6 nitrogen and oxygen atoms in total. The highest BCUT2D eigenvalue weighted by Gasteiger charge is 2.30. The van der Waals surface area contributed by atoms with Crippen molar-refractivity contribution in [2.24, 2.45) is 11.8 Å². The molecule has 5 rings (SSSR count). The molecule has 0 bridgehead atoms. The lowest BCUT2D eigenvalue weighted by Crippen LogP contribution is -2.42. The molecule has 2 atom stereocenters. The second kappa shape index (κ2) is 11.4. The van der Waals surface area contributed by atoms with Crippen molar-refractivity contribution in [2.75, 3.05) is 33.3 Å². The van der Waals surface area contributed by atoms with Crippen LogP contribution in [-0.4, -0.2) is 49.3 Å². The highest BCUT2D eigenvalue weighted by atomic mass is 19.1. The molecule has 0 unspecified atom stereocenters. The SMILES string of the molecule is COc1ccc(CC(=O)NC[C@@H]2CCCC[C@H]2CN2CCC(c3noc4cc(F)ccc34)CC2)cc1. The molecule has 1 amide bonds. The number of likely N-dealkylation sites (tertiary alicyclic amines) is 1. The summed E-state index contributed by atoms with van der Waals surface area (Å²) in [5.41, 5.74) is 2.51. The van der Waals surface area contributed by atoms with E-state index < -0.39 is 0 Å². The number of aromatic nitrogens is 1. The van der Waals surface area contributed by atoms with Gasteiger partial charge in [0.15, 0.2) is 5.58 Å². The van der Waals surface area contributed by atoms with Crippen LogP contribution in [-0.2, 0) is 11.2 Å². The van der Waals surface area contributed by atoms with E-state index >= 15 is 0 Å². The van der Waals surface area contributed by atoms with Gasteiger partial charge in [-0.2, -0.15) is 0 Å². The summed E-state index contributed by atoms with van der Waals surface area (Å²) in [6.45, 7) is 3.93. The van der Waals surface area contributed by atoms with E-state index in [4.69, 9.17) is 9.26 Å². The number of hydrogen-bond donors (Lipinski definition) is 1. The Morgan fingerprint density at radius 3 is 2.58 bits per heavy atom. The number of carbonyl (C=O) groups is 1. The Hall–Kier alpha value is -2.93. The Balaban J connectivity index is 1.10. The van der Waals surface area contributed by atoms with E-state index in [1.165, 1.54) is 37.8 Å². The zero-order valence-corrected chi connectivity index (χ0v) is 21.0. The molecule has 2 heterocycles. The fourth-order valence-electron chi connectivity index (χ4n) is 5.98. The van der Waals surface area contributed by atoms with Crippen molar-refractivity contribution in [2.45, 2.75) is 50.9 Å². The van der Waals surface area contributed by atoms with Crippen LogP contribution in [0, 0.1) is 17.7 Å². The van der Waals surface area contributed by atoms with E-state index in [9.17, 15) is 9.18 Å². The van der Waals surface area contributed by atoms with E-state index in [-0.39, 0.29) is 11.7 Å². The fraction of sp³-hybridized carbons (Fsp3) is 0.517. The summed E-state index contributed by atoms with van der Waals surface area (Å²) in [6, 6.07) is 12.4. The maximum absolute atomic E-state index is 13.5. The molecule has 1 N–H and O–H groups in total. The van der Waals surface area contributed by atoms with E-state index in [1.54, 1.807) is 13.2 Å². The zero-order valence-electron chi connectivity index (χ0n) is 21.0. The van der Waals surface area contributed by atoms with Gasteiger partial charge in [0.05, 0.1) is 19.2 Å². The third-order valence-electron chi connectivity index (χ3n) is 8.08. The molecule has 1 aliphatic carbocycles. The van der Waals surface area contributed by atoms with Crippen molar-refractivity contribution in [1.29, 1.82) is 0 Å². The van der Waals surface area contributed by atoms with Crippen LogP contribution < -0.4 is 10.1 Å². The predicted octanol–water partition coefficient (Wildman–Crippen LogP) is 5.32. The number of halogens is 1. The van der Waals surface area contributed by atoms with Gasteiger partial charge in [0, 0.05) is 30.5 Å². The van der Waals surface area contributed by atoms with Gasteiger partial charge in [-0.1, -0.05) is 30.1 Å². The molecule has 2 aliphatic rings. The van der Waals surface area contributed by atoms with Gasteiger partial charge in [-0.15, -0.1) is 0 Å². The Bertz CT molecular complexity index is 1150. The fourth-order valence-corrected chi connectivity index (χ4v) is 5.98. The third-order valence-corrected chi connectivity index (χ3v) is 8.08. The van der Waals surface area contributed by atoms with Crippen LogP contribution in [0.3, 0.4) is 0 Å². The van der Waals surface area contributed by atoms with Crippen LogP contribution in [0.15, 0.2) is 47.0 Å². The molecule has 2 aromatic carbocycles. The van der Waals surface area contributed by atoms with Crippen molar-refractivity contribution >= 4 is 16.9 Å². The topological polar surface area (TPSA) is 67.6 Å². The third kappa shape index (κ3) is 5.89. The van der Waals surface area contributed by atoms with Gasteiger partial charge >= 0.3 is 0 Å². The molecule has 192 valence electrons. The number of nitrogens with zero attached hydrogens (tertiary/aromatic N) is 2. The Morgan fingerprint density at radius 2 is 1.83 bits per heavy atom. The number of rotatable bonds is 8. The summed E-state index contributed by atoms with van der Waals surface area (Å²) in [6.07, 6.45) is 7.42. The van der Waals surface area contributed by atoms with Crippen LogP contribution in [0.1, 0.15) is 55.7 Å². The van der Waals surface area contributed by atoms with Gasteiger partial charge < -0.3 is 19.5 Å². The molecule has 1 saturated heterocycles. The molecule has 3 aromatic rings. The van der Waals surface area contributed by atoms with Crippen LogP contribution in [0.4, 0.5) is 4.39 Å². The Morgan fingerprint density at radius 1 is 1.08 bits per heavy atom. The first-order valence-corrected chi connectivity index (χ1v) is 13.3. The molecule has 1 saturated carbocycles. The average molecular weight is 494 g/mol. The molecule has 1 aliphatic heterocycles. The molecular weight excluding hydrogens is 457 g/mol. The van der Waals surface area contributed by atoms with Gasteiger partial charge in [0.1, 0.15) is 11.6 Å². The summed E-state index contributed by atoms with van der Waals surface area (Å²) in [4.78, 5) is 15.2.